The number of aryl methyl sites for hydroxylation is 1. The van der Waals surface area contributed by atoms with Gasteiger partial charge in [0.05, 0.1) is 12.2 Å². The average Bonchev–Trinajstić information content (AvgIpc) is 2.42. The summed E-state index contributed by atoms with van der Waals surface area (Å²) in [6, 6.07) is 5.75. The Morgan fingerprint density at radius 3 is 2.71 bits per heavy atom. The van der Waals surface area contributed by atoms with Crippen molar-refractivity contribution in [3.63, 3.8) is 0 Å². The zero-order valence-corrected chi connectivity index (χ0v) is 12.3. The zero-order valence-electron chi connectivity index (χ0n) is 12.3. The maximum atomic E-state index is 12.7. The van der Waals surface area contributed by atoms with Gasteiger partial charge in [0, 0.05) is 18.2 Å². The number of aliphatic hydroxyl groups excluding tert-OH is 2. The Bertz CT molecular complexity index is 567. The number of nitrogens with zero attached hydrogens (tertiary/aromatic N) is 1. The highest BCUT2D eigenvalue weighted by Crippen LogP contribution is 2.26. The third-order valence-corrected chi connectivity index (χ3v) is 3.82. The smallest absolute Gasteiger partial charge is 0.255 e. The van der Waals surface area contributed by atoms with Crippen molar-refractivity contribution in [2.24, 2.45) is 0 Å². The second kappa shape index (κ2) is 7.26. The van der Waals surface area contributed by atoms with Crippen LogP contribution in [0.15, 0.2) is 18.2 Å². The van der Waals surface area contributed by atoms with Crippen LogP contribution >= 0.6 is 0 Å². The van der Waals surface area contributed by atoms with E-state index in [4.69, 9.17) is 5.11 Å². The van der Waals surface area contributed by atoms with Crippen molar-refractivity contribution in [1.29, 1.82) is 0 Å². The molecule has 1 aromatic carbocycles. The normalized spacial score (nSPS) is 14.0. The van der Waals surface area contributed by atoms with Crippen LogP contribution in [0.25, 0.3) is 0 Å². The van der Waals surface area contributed by atoms with E-state index in [2.05, 4.69) is 11.8 Å². The van der Waals surface area contributed by atoms with Gasteiger partial charge >= 0.3 is 0 Å². The second-order valence-corrected chi connectivity index (χ2v) is 5.32. The van der Waals surface area contributed by atoms with Crippen LogP contribution in [0, 0.1) is 18.8 Å². The molecule has 1 saturated carbocycles. The monoisotopic (exact) mass is 287 g/mol. The van der Waals surface area contributed by atoms with Crippen LogP contribution in [-0.2, 0) is 0 Å². The van der Waals surface area contributed by atoms with Crippen molar-refractivity contribution in [3.8, 4) is 11.8 Å². The fourth-order valence-corrected chi connectivity index (χ4v) is 2.49. The van der Waals surface area contributed by atoms with E-state index in [1.165, 1.54) is 0 Å². The van der Waals surface area contributed by atoms with E-state index < -0.39 is 0 Å². The molecule has 0 saturated heterocycles. The highest BCUT2D eigenvalue weighted by atomic mass is 16.3. The molecule has 0 radical (unpaired) electrons. The quantitative estimate of drug-likeness (QED) is 0.821. The summed E-state index contributed by atoms with van der Waals surface area (Å²) in [5.41, 5.74) is 2.20. The summed E-state index contributed by atoms with van der Waals surface area (Å²) >= 11 is 0. The molecule has 1 aliphatic carbocycles. The lowest BCUT2D eigenvalue weighted by molar-refractivity contribution is 0.0525. The van der Waals surface area contributed by atoms with Gasteiger partial charge in [0.15, 0.2) is 0 Å². The zero-order chi connectivity index (χ0) is 15.2. The third kappa shape index (κ3) is 3.63. The van der Waals surface area contributed by atoms with E-state index in [-0.39, 0.29) is 25.2 Å². The molecule has 0 unspecified atom stereocenters. The van der Waals surface area contributed by atoms with Crippen molar-refractivity contribution in [3.05, 3.63) is 34.9 Å². The highest BCUT2D eigenvalue weighted by molar-refractivity contribution is 5.97. The summed E-state index contributed by atoms with van der Waals surface area (Å²) in [5.74, 6) is 5.36. The van der Waals surface area contributed by atoms with E-state index in [0.717, 1.165) is 24.8 Å². The molecule has 21 heavy (non-hydrogen) atoms. The maximum Gasteiger partial charge on any atom is 0.255 e. The highest BCUT2D eigenvalue weighted by Gasteiger charge is 2.29. The number of rotatable bonds is 4. The Kier molecular flexibility index (Phi) is 5.38. The Morgan fingerprint density at radius 2 is 2.14 bits per heavy atom. The molecule has 0 atom stereocenters. The first-order chi connectivity index (χ1) is 10.2. The largest absolute Gasteiger partial charge is 0.395 e. The Morgan fingerprint density at radius 1 is 1.38 bits per heavy atom. The summed E-state index contributed by atoms with van der Waals surface area (Å²) in [4.78, 5) is 14.5. The molecular formula is C17H21NO3. The van der Waals surface area contributed by atoms with Crippen molar-refractivity contribution >= 4 is 5.91 Å². The van der Waals surface area contributed by atoms with E-state index in [1.807, 2.05) is 19.1 Å². The molecule has 4 nitrogen and oxygen atoms in total. The predicted molar refractivity (Wildman–Crippen MR) is 80.9 cm³/mol. The number of carbonyl (C=O) groups excluding carboxylic acids is 1. The Labute approximate surface area is 125 Å². The Balaban J connectivity index is 2.31. The molecule has 1 aromatic rings. The van der Waals surface area contributed by atoms with Crippen molar-refractivity contribution in [2.75, 3.05) is 19.8 Å². The molecule has 112 valence electrons. The van der Waals surface area contributed by atoms with E-state index in [1.54, 1.807) is 11.0 Å². The minimum Gasteiger partial charge on any atom is -0.395 e. The van der Waals surface area contributed by atoms with Gasteiger partial charge in [0.1, 0.15) is 6.61 Å². The van der Waals surface area contributed by atoms with Gasteiger partial charge in [-0.25, -0.2) is 0 Å². The van der Waals surface area contributed by atoms with Gasteiger partial charge in [-0.1, -0.05) is 17.9 Å². The van der Waals surface area contributed by atoms with Gasteiger partial charge in [-0.3, -0.25) is 4.79 Å². The fourth-order valence-electron chi connectivity index (χ4n) is 2.49. The molecule has 2 rings (SSSR count). The first-order valence-corrected chi connectivity index (χ1v) is 7.29. The number of carbonyl (C=O) groups is 1. The second-order valence-electron chi connectivity index (χ2n) is 5.32. The van der Waals surface area contributed by atoms with Crippen LogP contribution < -0.4 is 0 Å². The van der Waals surface area contributed by atoms with Gasteiger partial charge in [-0.05, 0) is 43.9 Å². The summed E-state index contributed by atoms with van der Waals surface area (Å²) < 4.78 is 0. The van der Waals surface area contributed by atoms with Gasteiger partial charge in [0.25, 0.3) is 5.91 Å². The van der Waals surface area contributed by atoms with Crippen LogP contribution in [0.1, 0.15) is 40.7 Å². The lowest BCUT2D eigenvalue weighted by atomic mass is 9.90. The molecule has 4 heteroatoms. The van der Waals surface area contributed by atoms with Crippen LogP contribution in [-0.4, -0.2) is 46.8 Å². The number of aliphatic hydroxyl groups is 2. The van der Waals surface area contributed by atoms with E-state index >= 15 is 0 Å². The fraction of sp³-hybridized carbons (Fsp3) is 0.471. The number of benzene rings is 1. The molecular weight excluding hydrogens is 266 g/mol. The maximum absolute atomic E-state index is 12.7. The lowest BCUT2D eigenvalue weighted by Crippen LogP contribution is -2.45. The van der Waals surface area contributed by atoms with Gasteiger partial charge < -0.3 is 15.1 Å². The van der Waals surface area contributed by atoms with Crippen LogP contribution in [0.4, 0.5) is 0 Å². The minimum atomic E-state index is -0.232. The summed E-state index contributed by atoms with van der Waals surface area (Å²) in [7, 11) is 0. The van der Waals surface area contributed by atoms with Crippen LogP contribution in [0.3, 0.4) is 0 Å². The molecule has 0 spiro atoms. The number of hydrogen-bond acceptors (Lipinski definition) is 3. The van der Waals surface area contributed by atoms with Gasteiger partial charge in [0.2, 0.25) is 0 Å². The van der Waals surface area contributed by atoms with Gasteiger partial charge in [-0.2, -0.15) is 0 Å². The molecule has 0 aromatic heterocycles. The van der Waals surface area contributed by atoms with Crippen molar-refractivity contribution in [1.82, 2.24) is 4.90 Å². The molecule has 0 heterocycles. The topological polar surface area (TPSA) is 60.8 Å². The van der Waals surface area contributed by atoms with Crippen LogP contribution in [0.2, 0.25) is 0 Å². The SMILES string of the molecule is Cc1ccc(C(=O)N(CCO)C2CCC2)c(C#CCO)c1. The first-order valence-electron chi connectivity index (χ1n) is 7.29. The molecule has 1 fully saturated rings. The predicted octanol–water partition coefficient (Wildman–Crippen LogP) is 1.33. The van der Waals surface area contributed by atoms with Crippen molar-refractivity contribution in [2.45, 2.75) is 32.2 Å². The Hall–Kier alpha value is -1.83. The molecule has 2 N–H and O–H groups in total. The molecule has 0 bridgehead atoms. The lowest BCUT2D eigenvalue weighted by Gasteiger charge is -2.37. The average molecular weight is 287 g/mol. The molecule has 1 aliphatic rings. The summed E-state index contributed by atoms with van der Waals surface area (Å²) in [6.07, 6.45) is 3.12. The van der Waals surface area contributed by atoms with Gasteiger partial charge in [-0.15, -0.1) is 0 Å². The third-order valence-electron chi connectivity index (χ3n) is 3.82. The summed E-state index contributed by atoms with van der Waals surface area (Å²) in [5, 5.41) is 18.1. The molecule has 0 aliphatic heterocycles. The number of amides is 1. The molecule has 1 amide bonds. The standard InChI is InChI=1S/C17H21NO3/c1-13-7-8-16(14(12-13)4-3-10-19)17(21)18(9-11-20)15-5-2-6-15/h7-8,12,15,19-20H,2,5-6,9-11H2,1H3. The summed E-state index contributed by atoms with van der Waals surface area (Å²) in [6.45, 7) is 2.02. The van der Waals surface area contributed by atoms with E-state index in [9.17, 15) is 9.90 Å². The first kappa shape index (κ1) is 15.6. The van der Waals surface area contributed by atoms with Crippen LogP contribution in [0.5, 0.6) is 0 Å². The minimum absolute atomic E-state index is 0.0360. The van der Waals surface area contributed by atoms with E-state index in [0.29, 0.717) is 17.7 Å². The number of hydrogen-bond donors (Lipinski definition) is 2. The van der Waals surface area contributed by atoms with Crippen molar-refractivity contribution < 1.29 is 15.0 Å².